The fourth-order valence-electron chi connectivity index (χ4n) is 5.08. The van der Waals surface area contributed by atoms with Crippen LogP contribution in [0.1, 0.15) is 52.1 Å². The Bertz CT molecular complexity index is 1210. The van der Waals surface area contributed by atoms with Gasteiger partial charge in [0.1, 0.15) is 18.0 Å². The van der Waals surface area contributed by atoms with Crippen LogP contribution >= 0.6 is 0 Å². The zero-order valence-electron chi connectivity index (χ0n) is 22.3. The molecule has 4 rings (SSSR count). The van der Waals surface area contributed by atoms with E-state index in [-0.39, 0.29) is 24.2 Å². The molecule has 0 saturated carbocycles. The molecule has 202 valence electrons. The molecule has 3 atom stereocenters. The van der Waals surface area contributed by atoms with Gasteiger partial charge in [-0.25, -0.2) is 12.7 Å². The maximum Gasteiger partial charge on any atom is 0.254 e. The van der Waals surface area contributed by atoms with Gasteiger partial charge < -0.3 is 19.1 Å². The number of benzene rings is 2. The quantitative estimate of drug-likeness (QED) is 0.517. The first kappa shape index (κ1) is 27.6. The monoisotopic (exact) mass is 530 g/mol. The summed E-state index contributed by atoms with van der Waals surface area (Å²) >= 11 is 0. The van der Waals surface area contributed by atoms with Gasteiger partial charge in [-0.1, -0.05) is 29.8 Å². The highest BCUT2D eigenvalue weighted by Gasteiger charge is 2.38. The number of sulfonamides is 1. The summed E-state index contributed by atoms with van der Waals surface area (Å²) in [5.41, 5.74) is 3.31. The van der Waals surface area contributed by atoms with E-state index in [2.05, 4.69) is 0 Å². The number of rotatable bonds is 8. The van der Waals surface area contributed by atoms with Crippen molar-refractivity contribution in [2.24, 2.45) is 0 Å². The van der Waals surface area contributed by atoms with Crippen molar-refractivity contribution in [2.75, 3.05) is 40.5 Å². The van der Waals surface area contributed by atoms with Gasteiger partial charge in [-0.15, -0.1) is 0 Å². The van der Waals surface area contributed by atoms with Gasteiger partial charge in [0.15, 0.2) is 0 Å². The molecule has 37 heavy (non-hydrogen) atoms. The zero-order valence-corrected chi connectivity index (χ0v) is 23.2. The molecular formula is C28H38N2O6S. The lowest BCUT2D eigenvalue weighted by molar-refractivity contribution is 0.0339. The second-order valence-corrected chi connectivity index (χ2v) is 12.4. The molecule has 9 heteroatoms. The summed E-state index contributed by atoms with van der Waals surface area (Å²) in [7, 11) is -0.291. The van der Waals surface area contributed by atoms with Crippen LogP contribution in [0.25, 0.3) is 0 Å². The van der Waals surface area contributed by atoms with Crippen molar-refractivity contribution in [2.45, 2.75) is 57.1 Å². The van der Waals surface area contributed by atoms with Gasteiger partial charge in [-0.3, -0.25) is 4.79 Å². The van der Waals surface area contributed by atoms with Gasteiger partial charge >= 0.3 is 0 Å². The highest BCUT2D eigenvalue weighted by Crippen LogP contribution is 2.31. The Morgan fingerprint density at radius 1 is 1.08 bits per heavy atom. The van der Waals surface area contributed by atoms with E-state index < -0.39 is 15.3 Å². The number of carbonyl (C=O) groups excluding carboxylic acids is 1. The van der Waals surface area contributed by atoms with E-state index in [4.69, 9.17) is 14.2 Å². The Hall–Kier alpha value is -2.46. The van der Waals surface area contributed by atoms with E-state index in [1.54, 1.807) is 38.1 Å². The first-order valence-electron chi connectivity index (χ1n) is 12.8. The Morgan fingerprint density at radius 2 is 1.78 bits per heavy atom. The van der Waals surface area contributed by atoms with Crippen molar-refractivity contribution >= 4 is 15.9 Å². The normalized spacial score (nSPS) is 21.8. The standard InChI is InChI=1S/C28H38N2O6S/c1-19-9-10-20(2)25(15-19)28(31)30-17-26(34-5)27(18-30)36-24-8-6-7-22(16-24)21(3)37(32,33)29(4)23-11-13-35-14-12-23/h6-10,15-16,21,23,26-27H,11-14,17-18H2,1-5H3. The summed E-state index contributed by atoms with van der Waals surface area (Å²) in [4.78, 5) is 15.0. The molecule has 0 aliphatic carbocycles. The first-order chi connectivity index (χ1) is 17.6. The third-order valence-corrected chi connectivity index (χ3v) is 9.86. The number of likely N-dealkylation sites (tertiary alicyclic amines) is 1. The van der Waals surface area contributed by atoms with Gasteiger partial charge in [0.05, 0.1) is 18.3 Å². The predicted molar refractivity (Wildman–Crippen MR) is 142 cm³/mol. The number of amides is 1. The molecular weight excluding hydrogens is 492 g/mol. The minimum absolute atomic E-state index is 0.0426. The third kappa shape index (κ3) is 6.00. The van der Waals surface area contributed by atoms with Gasteiger partial charge in [-0.2, -0.15) is 0 Å². The van der Waals surface area contributed by atoms with Crippen molar-refractivity contribution in [3.8, 4) is 5.75 Å². The summed E-state index contributed by atoms with van der Waals surface area (Å²) < 4.78 is 45.6. The fraction of sp³-hybridized carbons (Fsp3) is 0.536. The lowest BCUT2D eigenvalue weighted by Gasteiger charge is -2.32. The largest absolute Gasteiger partial charge is 0.486 e. The topological polar surface area (TPSA) is 85.4 Å². The van der Waals surface area contributed by atoms with Crippen LogP contribution in [-0.4, -0.2) is 82.2 Å². The van der Waals surface area contributed by atoms with Gasteiger partial charge in [0.2, 0.25) is 10.0 Å². The van der Waals surface area contributed by atoms with E-state index in [0.29, 0.717) is 56.0 Å². The van der Waals surface area contributed by atoms with Crippen LogP contribution in [0.4, 0.5) is 0 Å². The molecule has 0 N–H and O–H groups in total. The van der Waals surface area contributed by atoms with Crippen LogP contribution in [0, 0.1) is 13.8 Å². The molecule has 0 spiro atoms. The molecule has 0 radical (unpaired) electrons. The van der Waals surface area contributed by atoms with E-state index in [9.17, 15) is 13.2 Å². The Morgan fingerprint density at radius 3 is 2.49 bits per heavy atom. The van der Waals surface area contributed by atoms with Crippen molar-refractivity contribution in [1.82, 2.24) is 9.21 Å². The average Bonchev–Trinajstić information content (AvgIpc) is 3.32. The third-order valence-electron chi connectivity index (χ3n) is 7.60. The maximum absolute atomic E-state index is 13.4. The first-order valence-corrected chi connectivity index (χ1v) is 14.3. The number of carbonyl (C=O) groups is 1. The number of aryl methyl sites for hydroxylation is 2. The van der Waals surface area contributed by atoms with Gasteiger partial charge in [0, 0.05) is 39.0 Å². The average molecular weight is 531 g/mol. The lowest BCUT2D eigenvalue weighted by Crippen LogP contribution is -2.42. The van der Waals surface area contributed by atoms with Crippen LogP contribution in [0.15, 0.2) is 42.5 Å². The number of hydrogen-bond donors (Lipinski definition) is 0. The number of methoxy groups -OCH3 is 1. The van der Waals surface area contributed by atoms with E-state index in [1.165, 1.54) is 4.31 Å². The van der Waals surface area contributed by atoms with E-state index in [1.807, 2.05) is 44.2 Å². The minimum atomic E-state index is -3.56. The molecule has 2 heterocycles. The fourth-order valence-corrected chi connectivity index (χ4v) is 6.70. The SMILES string of the molecule is COC1CN(C(=O)c2cc(C)ccc2C)CC1Oc1cccc(C(C)S(=O)(=O)N(C)C2CCOCC2)c1. The summed E-state index contributed by atoms with van der Waals surface area (Å²) in [5.74, 6) is 0.514. The van der Waals surface area contributed by atoms with Gasteiger partial charge in [-0.05, 0) is 62.9 Å². The Balaban J connectivity index is 1.47. The smallest absolute Gasteiger partial charge is 0.254 e. The maximum atomic E-state index is 13.4. The number of nitrogens with zero attached hydrogens (tertiary/aromatic N) is 2. The molecule has 8 nitrogen and oxygen atoms in total. The van der Waals surface area contributed by atoms with Crippen LogP contribution in [0.5, 0.6) is 5.75 Å². The molecule has 0 bridgehead atoms. The molecule has 2 saturated heterocycles. The zero-order chi connectivity index (χ0) is 26.7. The predicted octanol–water partition coefficient (Wildman–Crippen LogP) is 3.72. The minimum Gasteiger partial charge on any atom is -0.486 e. The Labute approximate surface area is 220 Å². The van der Waals surface area contributed by atoms with Crippen LogP contribution in [0.3, 0.4) is 0 Å². The van der Waals surface area contributed by atoms with Crippen LogP contribution < -0.4 is 4.74 Å². The molecule has 2 aliphatic rings. The number of hydrogen-bond acceptors (Lipinski definition) is 6. The summed E-state index contributed by atoms with van der Waals surface area (Å²) in [6.45, 7) is 7.58. The van der Waals surface area contributed by atoms with E-state index in [0.717, 1.165) is 11.1 Å². The summed E-state index contributed by atoms with van der Waals surface area (Å²) in [6.07, 6.45) is 0.732. The van der Waals surface area contributed by atoms with Crippen LogP contribution in [-0.2, 0) is 19.5 Å². The lowest BCUT2D eigenvalue weighted by atomic mass is 10.0. The molecule has 1 amide bonds. The second kappa shape index (κ2) is 11.5. The second-order valence-electron chi connectivity index (χ2n) is 10.1. The number of ether oxygens (including phenoxy) is 3. The summed E-state index contributed by atoms with van der Waals surface area (Å²) in [6, 6.07) is 13.0. The summed E-state index contributed by atoms with van der Waals surface area (Å²) in [5, 5.41) is -0.729. The van der Waals surface area contributed by atoms with E-state index >= 15 is 0 Å². The van der Waals surface area contributed by atoms with Crippen molar-refractivity contribution in [1.29, 1.82) is 0 Å². The van der Waals surface area contributed by atoms with Crippen molar-refractivity contribution in [3.05, 3.63) is 64.7 Å². The molecule has 2 aliphatic heterocycles. The van der Waals surface area contributed by atoms with Gasteiger partial charge in [0.25, 0.3) is 5.91 Å². The van der Waals surface area contributed by atoms with Crippen molar-refractivity contribution in [3.63, 3.8) is 0 Å². The molecule has 3 unspecified atom stereocenters. The highest BCUT2D eigenvalue weighted by atomic mass is 32.2. The Kier molecular flexibility index (Phi) is 8.58. The molecule has 0 aromatic heterocycles. The molecule has 2 aromatic carbocycles. The van der Waals surface area contributed by atoms with Crippen LogP contribution in [0.2, 0.25) is 0 Å². The van der Waals surface area contributed by atoms with Crippen molar-refractivity contribution < 1.29 is 27.4 Å². The molecule has 2 aromatic rings. The molecule has 2 fully saturated rings. The highest BCUT2D eigenvalue weighted by molar-refractivity contribution is 7.89.